The minimum atomic E-state index is -1.16. The van der Waals surface area contributed by atoms with E-state index in [0.717, 1.165) is 6.42 Å². The van der Waals surface area contributed by atoms with Crippen LogP contribution in [0.4, 0.5) is 0 Å². The van der Waals surface area contributed by atoms with Crippen LogP contribution >= 0.6 is 0 Å². The number of unbranched alkanes of at least 4 members (excludes halogenated alkanes) is 6. The molecule has 0 amide bonds. The second-order valence-corrected chi connectivity index (χ2v) is 5.99. The zero-order valence-electron chi connectivity index (χ0n) is 13.7. The summed E-state index contributed by atoms with van der Waals surface area (Å²) in [6.07, 6.45) is 9.10. The predicted octanol–water partition coefficient (Wildman–Crippen LogP) is 1.79. The van der Waals surface area contributed by atoms with Crippen LogP contribution in [0.5, 0.6) is 0 Å². The molecule has 0 bridgehead atoms. The van der Waals surface area contributed by atoms with Crippen molar-refractivity contribution in [3.8, 4) is 0 Å². The van der Waals surface area contributed by atoms with Gasteiger partial charge in [-0.1, -0.05) is 51.2 Å². The Morgan fingerprint density at radius 2 is 1.73 bits per heavy atom. The van der Waals surface area contributed by atoms with Crippen molar-refractivity contribution in [1.82, 2.24) is 0 Å². The fraction of sp³-hybridized carbons (Fsp3) is 0.882. The molecule has 0 saturated carbocycles. The molecule has 0 radical (unpaired) electrons. The van der Waals surface area contributed by atoms with Crippen molar-refractivity contribution in [3.05, 3.63) is 12.2 Å². The highest BCUT2D eigenvalue weighted by Crippen LogP contribution is 2.15. The summed E-state index contributed by atoms with van der Waals surface area (Å²) in [6, 6.07) is 0. The molecule has 0 aromatic carbocycles. The van der Waals surface area contributed by atoms with Crippen molar-refractivity contribution < 1.29 is 24.8 Å². The Hall–Kier alpha value is -0.460. The van der Waals surface area contributed by atoms with E-state index in [9.17, 15) is 15.3 Å². The van der Waals surface area contributed by atoms with Gasteiger partial charge in [0.25, 0.3) is 0 Å². The Kier molecular flexibility index (Phi) is 10.7. The first kappa shape index (κ1) is 19.6. The Balaban J connectivity index is 1.97. The first-order valence-electron chi connectivity index (χ1n) is 8.55. The average Bonchev–Trinajstić information content (AvgIpc) is 2.52. The number of hydrogen-bond acceptors (Lipinski definition) is 5. The quantitative estimate of drug-likeness (QED) is 0.400. The van der Waals surface area contributed by atoms with Crippen LogP contribution in [0, 0.1) is 0 Å². The number of hydrogen-bond donors (Lipinski definition) is 3. The first-order chi connectivity index (χ1) is 10.7. The van der Waals surface area contributed by atoms with Crippen LogP contribution in [0.3, 0.4) is 0 Å². The molecule has 0 aromatic heterocycles. The second-order valence-electron chi connectivity index (χ2n) is 5.99. The fourth-order valence-electron chi connectivity index (χ4n) is 2.49. The summed E-state index contributed by atoms with van der Waals surface area (Å²) in [7, 11) is 0. The molecular weight excluding hydrogens is 284 g/mol. The van der Waals surface area contributed by atoms with Crippen molar-refractivity contribution in [3.63, 3.8) is 0 Å². The lowest BCUT2D eigenvalue weighted by molar-refractivity contribution is -0.198. The maximum absolute atomic E-state index is 9.74. The molecule has 0 unspecified atom stereocenters. The molecule has 1 aliphatic rings. The molecule has 3 N–H and O–H groups in total. The molecule has 1 rings (SSSR count). The molecule has 5 heteroatoms. The molecule has 0 aromatic rings. The highest BCUT2D eigenvalue weighted by molar-refractivity contribution is 4.87. The maximum atomic E-state index is 9.74. The summed E-state index contributed by atoms with van der Waals surface area (Å²) in [5.74, 6) is 0. The van der Waals surface area contributed by atoms with Gasteiger partial charge in [-0.3, -0.25) is 0 Å². The standard InChI is InChI=1S/C17H32O5/c1-2-3-4-5-6-7-8-9-10-11-21-13-15-17(20)16(19)14(18)12-22-15/h9-10,14-20H,2-8,11-13H2,1H3/b10-9+/t14-,15+,16+,17+/m0/s1. The zero-order chi connectivity index (χ0) is 16.2. The molecule has 0 aliphatic carbocycles. The van der Waals surface area contributed by atoms with Crippen LogP contribution < -0.4 is 0 Å². The van der Waals surface area contributed by atoms with Gasteiger partial charge in [0.2, 0.25) is 0 Å². The van der Waals surface area contributed by atoms with E-state index in [-0.39, 0.29) is 13.2 Å². The molecule has 5 nitrogen and oxygen atoms in total. The van der Waals surface area contributed by atoms with Gasteiger partial charge in [0, 0.05) is 0 Å². The van der Waals surface area contributed by atoms with Crippen LogP contribution in [0.15, 0.2) is 12.2 Å². The second kappa shape index (κ2) is 12.0. The first-order valence-corrected chi connectivity index (χ1v) is 8.55. The normalized spacial score (nSPS) is 29.3. The predicted molar refractivity (Wildman–Crippen MR) is 85.7 cm³/mol. The SMILES string of the molecule is CCCCCCCC/C=C/COC[C@H]1OC[C@H](O)[C@@H](O)[C@@H]1O. The Bertz CT molecular complexity index is 295. The molecule has 4 atom stereocenters. The Morgan fingerprint density at radius 1 is 1.00 bits per heavy atom. The minimum Gasteiger partial charge on any atom is -0.388 e. The molecule has 22 heavy (non-hydrogen) atoms. The molecule has 130 valence electrons. The number of aliphatic hydroxyl groups excluding tert-OH is 3. The van der Waals surface area contributed by atoms with E-state index < -0.39 is 24.4 Å². The summed E-state index contributed by atoms with van der Waals surface area (Å²) >= 11 is 0. The van der Waals surface area contributed by atoms with E-state index in [1.807, 2.05) is 6.08 Å². The van der Waals surface area contributed by atoms with Gasteiger partial charge < -0.3 is 24.8 Å². The highest BCUT2D eigenvalue weighted by Gasteiger charge is 2.37. The zero-order valence-corrected chi connectivity index (χ0v) is 13.7. The third kappa shape index (κ3) is 7.70. The van der Waals surface area contributed by atoms with Gasteiger partial charge >= 0.3 is 0 Å². The van der Waals surface area contributed by atoms with Gasteiger partial charge in [0.1, 0.15) is 24.4 Å². The van der Waals surface area contributed by atoms with E-state index in [1.165, 1.54) is 38.5 Å². The van der Waals surface area contributed by atoms with Crippen LogP contribution in [0.1, 0.15) is 51.9 Å². The third-order valence-electron chi connectivity index (χ3n) is 3.99. The molecular formula is C17H32O5. The van der Waals surface area contributed by atoms with Crippen molar-refractivity contribution in [2.45, 2.75) is 76.3 Å². The van der Waals surface area contributed by atoms with Crippen molar-refractivity contribution in [2.75, 3.05) is 19.8 Å². The fourth-order valence-corrected chi connectivity index (χ4v) is 2.49. The maximum Gasteiger partial charge on any atom is 0.111 e. The average molecular weight is 316 g/mol. The van der Waals surface area contributed by atoms with E-state index in [2.05, 4.69) is 13.0 Å². The molecule has 1 fully saturated rings. The highest BCUT2D eigenvalue weighted by atomic mass is 16.6. The number of rotatable bonds is 11. The van der Waals surface area contributed by atoms with Crippen LogP contribution in [-0.2, 0) is 9.47 Å². The topological polar surface area (TPSA) is 79.2 Å². The van der Waals surface area contributed by atoms with E-state index >= 15 is 0 Å². The van der Waals surface area contributed by atoms with E-state index in [0.29, 0.717) is 6.61 Å². The lowest BCUT2D eigenvalue weighted by Crippen LogP contribution is -2.54. The molecule has 1 heterocycles. The largest absolute Gasteiger partial charge is 0.388 e. The van der Waals surface area contributed by atoms with Crippen LogP contribution in [0.25, 0.3) is 0 Å². The van der Waals surface area contributed by atoms with Crippen molar-refractivity contribution >= 4 is 0 Å². The van der Waals surface area contributed by atoms with Gasteiger partial charge in [0.15, 0.2) is 0 Å². The Morgan fingerprint density at radius 3 is 2.50 bits per heavy atom. The van der Waals surface area contributed by atoms with Gasteiger partial charge in [-0.05, 0) is 12.8 Å². The smallest absolute Gasteiger partial charge is 0.111 e. The lowest BCUT2D eigenvalue weighted by Gasteiger charge is -2.34. The third-order valence-corrected chi connectivity index (χ3v) is 3.99. The number of aliphatic hydroxyl groups is 3. The molecule has 1 saturated heterocycles. The van der Waals surface area contributed by atoms with Crippen molar-refractivity contribution in [2.24, 2.45) is 0 Å². The van der Waals surface area contributed by atoms with Crippen LogP contribution in [-0.4, -0.2) is 59.6 Å². The summed E-state index contributed by atoms with van der Waals surface area (Å²) in [5, 5.41) is 28.6. The molecule has 1 aliphatic heterocycles. The van der Waals surface area contributed by atoms with Crippen molar-refractivity contribution in [1.29, 1.82) is 0 Å². The summed E-state index contributed by atoms with van der Waals surface area (Å²) in [4.78, 5) is 0. The van der Waals surface area contributed by atoms with E-state index in [4.69, 9.17) is 9.47 Å². The number of allylic oxidation sites excluding steroid dienone is 1. The van der Waals surface area contributed by atoms with Crippen LogP contribution in [0.2, 0.25) is 0 Å². The molecule has 0 spiro atoms. The van der Waals surface area contributed by atoms with Gasteiger partial charge in [-0.25, -0.2) is 0 Å². The summed E-state index contributed by atoms with van der Waals surface area (Å²) in [5.41, 5.74) is 0. The van der Waals surface area contributed by atoms with E-state index in [1.54, 1.807) is 0 Å². The summed E-state index contributed by atoms with van der Waals surface area (Å²) in [6.45, 7) is 2.94. The lowest BCUT2D eigenvalue weighted by atomic mass is 10.0. The minimum absolute atomic E-state index is 0.0279. The monoisotopic (exact) mass is 316 g/mol. The number of ether oxygens (including phenoxy) is 2. The van der Waals surface area contributed by atoms with Gasteiger partial charge in [0.05, 0.1) is 19.8 Å². The summed E-state index contributed by atoms with van der Waals surface area (Å²) < 4.78 is 10.7. The van der Waals surface area contributed by atoms with Gasteiger partial charge in [-0.2, -0.15) is 0 Å². The van der Waals surface area contributed by atoms with Gasteiger partial charge in [-0.15, -0.1) is 0 Å². The Labute approximate surface area is 133 Å².